The Labute approximate surface area is 169 Å². The van der Waals surface area contributed by atoms with E-state index in [1.807, 2.05) is 0 Å². The van der Waals surface area contributed by atoms with Gasteiger partial charge in [0.25, 0.3) is 11.6 Å². The molecule has 1 aliphatic heterocycles. The van der Waals surface area contributed by atoms with Crippen LogP contribution in [0.2, 0.25) is 0 Å². The van der Waals surface area contributed by atoms with Crippen molar-refractivity contribution >= 4 is 28.9 Å². The van der Waals surface area contributed by atoms with Gasteiger partial charge in [0.15, 0.2) is 11.5 Å². The molecule has 2 aromatic rings. The molecule has 0 aromatic heterocycles. The lowest BCUT2D eigenvalue weighted by atomic mass is 10.1. The Balaban J connectivity index is 1.85. The summed E-state index contributed by atoms with van der Waals surface area (Å²) in [6.45, 7) is -2.61. The molecule has 9 nitrogen and oxygen atoms in total. The van der Waals surface area contributed by atoms with E-state index in [0.717, 1.165) is 19.6 Å². The van der Waals surface area contributed by atoms with Crippen molar-refractivity contribution in [3.63, 3.8) is 0 Å². The van der Waals surface area contributed by atoms with Gasteiger partial charge in [-0.2, -0.15) is 8.78 Å². The summed E-state index contributed by atoms with van der Waals surface area (Å²) in [5.41, 5.74) is -0.103. The highest BCUT2D eigenvalue weighted by atomic mass is 19.3. The molecule has 0 aliphatic carbocycles. The number of nitro groups is 1. The largest absolute Gasteiger partial charge is 0.493 e. The first-order valence-corrected chi connectivity index (χ1v) is 8.83. The summed E-state index contributed by atoms with van der Waals surface area (Å²) in [5.74, 6) is -1.64. The molecule has 2 amide bonds. The van der Waals surface area contributed by atoms with Gasteiger partial charge in [0.05, 0.1) is 18.1 Å². The smallest absolute Gasteiger partial charge is 0.387 e. The lowest BCUT2D eigenvalue weighted by molar-refractivity contribution is -0.385. The number of hydrogen-bond donors (Lipinski definition) is 1. The summed E-state index contributed by atoms with van der Waals surface area (Å²) in [7, 11) is 1.15. The van der Waals surface area contributed by atoms with E-state index in [2.05, 4.69) is 10.1 Å². The molecule has 1 saturated heterocycles. The van der Waals surface area contributed by atoms with E-state index in [-0.39, 0.29) is 11.7 Å². The van der Waals surface area contributed by atoms with Crippen molar-refractivity contribution in [2.24, 2.45) is 0 Å². The molecule has 3 rings (SSSR count). The zero-order chi connectivity index (χ0) is 21.8. The molecule has 30 heavy (non-hydrogen) atoms. The van der Waals surface area contributed by atoms with E-state index in [4.69, 9.17) is 4.74 Å². The quantitative estimate of drug-likeness (QED) is 0.540. The third kappa shape index (κ3) is 4.45. The number of anilines is 2. The first-order chi connectivity index (χ1) is 14.3. The molecule has 1 N–H and O–H groups in total. The summed E-state index contributed by atoms with van der Waals surface area (Å²) in [4.78, 5) is 36.5. The average Bonchev–Trinajstić information content (AvgIpc) is 3.13. The van der Waals surface area contributed by atoms with E-state index in [1.165, 1.54) is 0 Å². The van der Waals surface area contributed by atoms with Gasteiger partial charge < -0.3 is 19.7 Å². The lowest BCUT2D eigenvalue weighted by Crippen LogP contribution is -2.23. The Bertz CT molecular complexity index is 981. The summed E-state index contributed by atoms with van der Waals surface area (Å²) in [6.07, 6.45) is 1.25. The van der Waals surface area contributed by atoms with Crippen LogP contribution in [0.25, 0.3) is 0 Å². The average molecular weight is 421 g/mol. The van der Waals surface area contributed by atoms with Crippen LogP contribution in [0.5, 0.6) is 11.5 Å². The fraction of sp³-hybridized carbons (Fsp3) is 0.263. The molecule has 11 heteroatoms. The highest BCUT2D eigenvalue weighted by Gasteiger charge is 2.26. The van der Waals surface area contributed by atoms with Gasteiger partial charge in [-0.25, -0.2) is 0 Å². The maximum absolute atomic E-state index is 12.6. The lowest BCUT2D eigenvalue weighted by Gasteiger charge is -2.16. The van der Waals surface area contributed by atoms with Gasteiger partial charge in [-0.15, -0.1) is 0 Å². The molecule has 1 aliphatic rings. The number of benzene rings is 2. The van der Waals surface area contributed by atoms with Crippen LogP contribution < -0.4 is 19.7 Å². The second-order valence-corrected chi connectivity index (χ2v) is 6.31. The summed E-state index contributed by atoms with van der Waals surface area (Å²) < 4.78 is 34.2. The van der Waals surface area contributed by atoms with Crippen LogP contribution in [0, 0.1) is 10.1 Å². The van der Waals surface area contributed by atoms with Crippen molar-refractivity contribution in [3.8, 4) is 11.5 Å². The van der Waals surface area contributed by atoms with Crippen LogP contribution in [-0.4, -0.2) is 37.0 Å². The van der Waals surface area contributed by atoms with Gasteiger partial charge in [0.1, 0.15) is 5.56 Å². The fourth-order valence-corrected chi connectivity index (χ4v) is 3.07. The highest BCUT2D eigenvalue weighted by Crippen LogP contribution is 2.36. The fourth-order valence-electron chi connectivity index (χ4n) is 3.07. The number of carbonyl (C=O) groups excluding carboxylic acids is 2. The number of halogens is 2. The minimum absolute atomic E-state index is 0.0145. The normalized spacial score (nSPS) is 13.5. The van der Waals surface area contributed by atoms with Crippen molar-refractivity contribution in [2.75, 3.05) is 23.9 Å². The Morgan fingerprint density at radius 3 is 2.47 bits per heavy atom. The minimum Gasteiger partial charge on any atom is -0.493 e. The third-order valence-corrected chi connectivity index (χ3v) is 4.45. The van der Waals surface area contributed by atoms with E-state index in [9.17, 15) is 28.5 Å². The standard InChI is InChI=1S/C19H17F2N3O6/c1-29-15-9-13(14(24(27)28)10-16(15)30-19(20)21)18(26)22-11-4-6-12(7-5-11)23-8-2-3-17(23)25/h4-7,9-10,19H,2-3,8H2,1H3,(H,22,26). The van der Waals surface area contributed by atoms with Gasteiger partial charge in [-0.1, -0.05) is 0 Å². The van der Waals surface area contributed by atoms with Gasteiger partial charge >= 0.3 is 6.61 Å². The van der Waals surface area contributed by atoms with Crippen LogP contribution >= 0.6 is 0 Å². The third-order valence-electron chi connectivity index (χ3n) is 4.45. The van der Waals surface area contributed by atoms with Crippen molar-refractivity contribution in [1.29, 1.82) is 0 Å². The van der Waals surface area contributed by atoms with Crippen molar-refractivity contribution < 1.29 is 32.8 Å². The Kier molecular flexibility index (Phi) is 6.09. The molecule has 158 valence electrons. The maximum atomic E-state index is 12.6. The number of ether oxygens (including phenoxy) is 2. The molecular formula is C19H17F2N3O6. The monoisotopic (exact) mass is 421 g/mol. The molecule has 0 bridgehead atoms. The van der Waals surface area contributed by atoms with Crippen molar-refractivity contribution in [2.45, 2.75) is 19.5 Å². The number of nitrogens with one attached hydrogen (secondary N) is 1. The Morgan fingerprint density at radius 2 is 1.93 bits per heavy atom. The van der Waals surface area contributed by atoms with Gasteiger partial charge in [-0.05, 0) is 30.7 Å². The molecule has 1 fully saturated rings. The molecule has 2 aromatic carbocycles. The zero-order valence-corrected chi connectivity index (χ0v) is 15.8. The van der Waals surface area contributed by atoms with Crippen LogP contribution in [0.3, 0.4) is 0 Å². The zero-order valence-electron chi connectivity index (χ0n) is 15.8. The molecule has 0 saturated carbocycles. The molecular weight excluding hydrogens is 404 g/mol. The van der Waals surface area contributed by atoms with Crippen molar-refractivity contribution in [1.82, 2.24) is 0 Å². The molecule has 0 unspecified atom stereocenters. The predicted octanol–water partition coefficient (Wildman–Crippen LogP) is 3.58. The number of nitrogens with zero attached hydrogens (tertiary/aromatic N) is 2. The second kappa shape index (κ2) is 8.72. The SMILES string of the molecule is COc1cc(C(=O)Nc2ccc(N3CCCC3=O)cc2)c([N+](=O)[O-])cc1OC(F)F. The first kappa shape index (κ1) is 21.0. The summed E-state index contributed by atoms with van der Waals surface area (Å²) in [6, 6.07) is 8.07. The Morgan fingerprint density at radius 1 is 1.23 bits per heavy atom. The van der Waals surface area contributed by atoms with E-state index in [1.54, 1.807) is 29.2 Å². The number of methoxy groups -OCH3 is 1. The van der Waals surface area contributed by atoms with Crippen LogP contribution in [0.4, 0.5) is 25.8 Å². The molecule has 0 atom stereocenters. The topological polar surface area (TPSA) is 111 Å². The summed E-state index contributed by atoms with van der Waals surface area (Å²) >= 11 is 0. The van der Waals surface area contributed by atoms with Gasteiger partial charge in [0, 0.05) is 30.4 Å². The van der Waals surface area contributed by atoms with Crippen molar-refractivity contribution in [3.05, 3.63) is 52.1 Å². The number of amides is 2. The van der Waals surface area contributed by atoms with Gasteiger partial charge in [-0.3, -0.25) is 19.7 Å². The number of hydrogen-bond acceptors (Lipinski definition) is 6. The second-order valence-electron chi connectivity index (χ2n) is 6.31. The van der Waals surface area contributed by atoms with E-state index in [0.29, 0.717) is 30.4 Å². The van der Waals surface area contributed by atoms with E-state index >= 15 is 0 Å². The van der Waals surface area contributed by atoms with Crippen LogP contribution in [0.1, 0.15) is 23.2 Å². The number of alkyl halides is 2. The maximum Gasteiger partial charge on any atom is 0.387 e. The highest BCUT2D eigenvalue weighted by molar-refractivity contribution is 6.07. The number of nitro benzene ring substituents is 1. The predicted molar refractivity (Wildman–Crippen MR) is 102 cm³/mol. The minimum atomic E-state index is -3.22. The molecule has 1 heterocycles. The first-order valence-electron chi connectivity index (χ1n) is 8.83. The van der Waals surface area contributed by atoms with Crippen LogP contribution in [-0.2, 0) is 4.79 Å². The number of carbonyl (C=O) groups is 2. The molecule has 0 radical (unpaired) electrons. The molecule has 0 spiro atoms. The Hall–Kier alpha value is -3.76. The van der Waals surface area contributed by atoms with E-state index < -0.39 is 34.4 Å². The van der Waals surface area contributed by atoms with Gasteiger partial charge in [0.2, 0.25) is 5.91 Å². The summed E-state index contributed by atoms with van der Waals surface area (Å²) in [5, 5.41) is 13.8. The van der Waals surface area contributed by atoms with Crippen LogP contribution in [0.15, 0.2) is 36.4 Å². The number of rotatable bonds is 7.